The zero-order chi connectivity index (χ0) is 18.8. The van der Waals surface area contributed by atoms with Gasteiger partial charge in [0.1, 0.15) is 17.1 Å². The van der Waals surface area contributed by atoms with E-state index in [1.807, 2.05) is 18.2 Å². The van der Waals surface area contributed by atoms with Gasteiger partial charge < -0.3 is 14.6 Å². The minimum atomic E-state index is -0.848. The number of carboxylic acid groups (broad SMARTS) is 1. The summed E-state index contributed by atoms with van der Waals surface area (Å²) in [6.45, 7) is 4.57. The number of carbonyl (C=O) groups is 1. The van der Waals surface area contributed by atoms with E-state index < -0.39 is 5.97 Å². The highest BCUT2D eigenvalue weighted by Crippen LogP contribution is 2.36. The normalized spacial score (nSPS) is 19.2. The van der Waals surface area contributed by atoms with Gasteiger partial charge in [-0.1, -0.05) is 38.7 Å². The van der Waals surface area contributed by atoms with E-state index in [9.17, 15) is 4.79 Å². The maximum absolute atomic E-state index is 10.6. The molecule has 4 heteroatoms. The standard InChI is InChI=1S/C22H32O4/c1-3-4-5-6-7-8-9-14-22(2)15-12-18-17-19(10-11-20(18)26-22)25-16-13-21(23)24/h9-11,14,17H,3-8,12-13,15-16H2,1-2H3,(H,23,24). The van der Waals surface area contributed by atoms with Crippen LogP contribution in [0.1, 0.15) is 70.8 Å². The first-order valence-corrected chi connectivity index (χ1v) is 9.86. The van der Waals surface area contributed by atoms with E-state index in [2.05, 4.69) is 26.0 Å². The van der Waals surface area contributed by atoms with Gasteiger partial charge >= 0.3 is 5.97 Å². The quantitative estimate of drug-likeness (QED) is 0.416. The lowest BCUT2D eigenvalue weighted by Gasteiger charge is -2.33. The molecule has 1 aliphatic heterocycles. The first kappa shape index (κ1) is 20.3. The maximum atomic E-state index is 10.6. The third kappa shape index (κ3) is 6.74. The summed E-state index contributed by atoms with van der Waals surface area (Å²) in [4.78, 5) is 10.6. The lowest BCUT2D eigenvalue weighted by Crippen LogP contribution is -2.34. The lowest BCUT2D eigenvalue weighted by molar-refractivity contribution is -0.137. The van der Waals surface area contributed by atoms with Crippen LogP contribution in [-0.2, 0) is 11.2 Å². The number of hydrogen-bond acceptors (Lipinski definition) is 3. The molecule has 0 saturated carbocycles. The highest BCUT2D eigenvalue weighted by atomic mass is 16.5. The van der Waals surface area contributed by atoms with Crippen LogP contribution in [-0.4, -0.2) is 23.3 Å². The molecule has 144 valence electrons. The summed E-state index contributed by atoms with van der Waals surface area (Å²) in [5, 5.41) is 8.68. The summed E-state index contributed by atoms with van der Waals surface area (Å²) in [6, 6.07) is 5.75. The number of carboxylic acids is 1. The molecule has 0 radical (unpaired) electrons. The first-order chi connectivity index (χ1) is 12.5. The van der Waals surface area contributed by atoms with Gasteiger partial charge in [0.2, 0.25) is 0 Å². The Morgan fingerprint density at radius 2 is 2.12 bits per heavy atom. The molecule has 1 N–H and O–H groups in total. The maximum Gasteiger partial charge on any atom is 0.306 e. The molecular weight excluding hydrogens is 328 g/mol. The number of rotatable bonds is 11. The van der Waals surface area contributed by atoms with Gasteiger partial charge in [0.15, 0.2) is 0 Å². The van der Waals surface area contributed by atoms with E-state index in [1.54, 1.807) is 0 Å². The molecule has 0 aromatic heterocycles. The van der Waals surface area contributed by atoms with E-state index in [4.69, 9.17) is 14.6 Å². The second kappa shape index (κ2) is 10.2. The van der Waals surface area contributed by atoms with E-state index in [0.717, 1.165) is 30.6 Å². The Balaban J connectivity index is 1.83. The van der Waals surface area contributed by atoms with Crippen LogP contribution in [0, 0.1) is 0 Å². The van der Waals surface area contributed by atoms with Crippen molar-refractivity contribution in [3.05, 3.63) is 35.9 Å². The van der Waals surface area contributed by atoms with Gasteiger partial charge in [-0.25, -0.2) is 0 Å². The molecule has 0 bridgehead atoms. The van der Waals surface area contributed by atoms with Crippen LogP contribution in [0.4, 0.5) is 0 Å². The summed E-state index contributed by atoms with van der Waals surface area (Å²) < 4.78 is 11.7. The Hall–Kier alpha value is -1.97. The zero-order valence-electron chi connectivity index (χ0n) is 16.1. The van der Waals surface area contributed by atoms with Crippen LogP contribution < -0.4 is 9.47 Å². The van der Waals surface area contributed by atoms with Crippen molar-refractivity contribution in [2.45, 2.75) is 77.2 Å². The second-order valence-electron chi connectivity index (χ2n) is 7.28. The molecule has 4 nitrogen and oxygen atoms in total. The third-order valence-electron chi connectivity index (χ3n) is 4.80. The Bertz CT molecular complexity index is 608. The van der Waals surface area contributed by atoms with Gasteiger partial charge in [-0.05, 0) is 62.4 Å². The number of unbranched alkanes of at least 4 members (excludes halogenated alkanes) is 5. The molecule has 0 spiro atoms. The molecule has 0 aliphatic carbocycles. The fourth-order valence-electron chi connectivity index (χ4n) is 3.20. The van der Waals surface area contributed by atoms with Crippen LogP contribution in [0.3, 0.4) is 0 Å². The molecule has 1 aliphatic rings. The molecule has 1 aromatic rings. The van der Waals surface area contributed by atoms with Crippen molar-refractivity contribution in [1.82, 2.24) is 0 Å². The molecule has 0 saturated heterocycles. The van der Waals surface area contributed by atoms with Crippen molar-refractivity contribution in [1.29, 1.82) is 0 Å². The summed E-state index contributed by atoms with van der Waals surface area (Å²) in [5.41, 5.74) is 0.880. The van der Waals surface area contributed by atoms with Crippen molar-refractivity contribution >= 4 is 5.97 Å². The van der Waals surface area contributed by atoms with Crippen molar-refractivity contribution in [3.63, 3.8) is 0 Å². The number of allylic oxidation sites excluding steroid dienone is 1. The summed E-state index contributed by atoms with van der Waals surface area (Å²) >= 11 is 0. The highest BCUT2D eigenvalue weighted by Gasteiger charge is 2.29. The molecule has 1 aromatic carbocycles. The number of ether oxygens (including phenoxy) is 2. The Morgan fingerprint density at radius 1 is 1.31 bits per heavy atom. The van der Waals surface area contributed by atoms with Gasteiger partial charge in [-0.2, -0.15) is 0 Å². The fourth-order valence-corrected chi connectivity index (χ4v) is 3.20. The average Bonchev–Trinajstić information content (AvgIpc) is 2.61. The van der Waals surface area contributed by atoms with Gasteiger partial charge in [-0.15, -0.1) is 0 Å². The van der Waals surface area contributed by atoms with Gasteiger partial charge in [0.05, 0.1) is 13.0 Å². The van der Waals surface area contributed by atoms with Crippen molar-refractivity contribution in [2.75, 3.05) is 6.61 Å². The predicted octanol–water partition coefficient (Wildman–Crippen LogP) is 5.54. The zero-order valence-corrected chi connectivity index (χ0v) is 16.1. The van der Waals surface area contributed by atoms with E-state index >= 15 is 0 Å². The van der Waals surface area contributed by atoms with Gasteiger partial charge in [0.25, 0.3) is 0 Å². The third-order valence-corrected chi connectivity index (χ3v) is 4.80. The lowest BCUT2D eigenvalue weighted by atomic mass is 9.91. The summed E-state index contributed by atoms with van der Waals surface area (Å²) in [7, 11) is 0. The van der Waals surface area contributed by atoms with E-state index in [0.29, 0.717) is 5.75 Å². The minimum absolute atomic E-state index is 0.00882. The Labute approximate surface area is 157 Å². The SMILES string of the molecule is CCCCCCCC=CC1(C)CCc2cc(OCCC(=O)O)ccc2O1. The van der Waals surface area contributed by atoms with Gasteiger partial charge in [-0.3, -0.25) is 4.79 Å². The molecule has 2 rings (SSSR count). The molecule has 1 unspecified atom stereocenters. The number of benzene rings is 1. The Morgan fingerprint density at radius 3 is 2.88 bits per heavy atom. The highest BCUT2D eigenvalue weighted by molar-refractivity contribution is 5.66. The summed E-state index contributed by atoms with van der Waals surface area (Å²) in [5.74, 6) is 0.760. The molecule has 1 atom stereocenters. The largest absolute Gasteiger partial charge is 0.493 e. The van der Waals surface area contributed by atoms with Crippen molar-refractivity contribution in [3.8, 4) is 11.5 Å². The van der Waals surface area contributed by atoms with Crippen LogP contribution in [0.15, 0.2) is 30.4 Å². The van der Waals surface area contributed by atoms with Crippen molar-refractivity contribution in [2.24, 2.45) is 0 Å². The van der Waals surface area contributed by atoms with E-state index in [-0.39, 0.29) is 18.6 Å². The van der Waals surface area contributed by atoms with Crippen LogP contribution >= 0.6 is 0 Å². The van der Waals surface area contributed by atoms with E-state index in [1.165, 1.54) is 32.1 Å². The minimum Gasteiger partial charge on any atom is -0.493 e. The van der Waals surface area contributed by atoms with Crippen LogP contribution in [0.25, 0.3) is 0 Å². The predicted molar refractivity (Wildman–Crippen MR) is 104 cm³/mol. The molecule has 0 fully saturated rings. The fraction of sp³-hybridized carbons (Fsp3) is 0.591. The molecule has 1 heterocycles. The second-order valence-corrected chi connectivity index (χ2v) is 7.28. The smallest absolute Gasteiger partial charge is 0.306 e. The number of aliphatic carboxylic acids is 1. The molecule has 0 amide bonds. The number of hydrogen-bond donors (Lipinski definition) is 1. The first-order valence-electron chi connectivity index (χ1n) is 9.86. The van der Waals surface area contributed by atoms with Crippen LogP contribution in [0.2, 0.25) is 0 Å². The Kier molecular flexibility index (Phi) is 8.02. The molecular formula is C22H32O4. The van der Waals surface area contributed by atoms with Crippen molar-refractivity contribution < 1.29 is 19.4 Å². The monoisotopic (exact) mass is 360 g/mol. The van der Waals surface area contributed by atoms with Gasteiger partial charge in [0, 0.05) is 0 Å². The molecule has 26 heavy (non-hydrogen) atoms. The number of aryl methyl sites for hydroxylation is 1. The van der Waals surface area contributed by atoms with Crippen LogP contribution in [0.5, 0.6) is 11.5 Å². The topological polar surface area (TPSA) is 55.8 Å². The average molecular weight is 360 g/mol. The summed E-state index contributed by atoms with van der Waals surface area (Å²) in [6.07, 6.45) is 14.0. The number of fused-ring (bicyclic) bond motifs is 1.